The quantitative estimate of drug-likeness (QED) is 0.730. The number of halogens is 3. The number of carbonyl (C=O) groups excluding carboxylic acids is 1. The Morgan fingerprint density at radius 2 is 1.80 bits per heavy atom. The van der Waals surface area contributed by atoms with Crippen LogP contribution in [0.3, 0.4) is 0 Å². The third-order valence-electron chi connectivity index (χ3n) is 2.36. The van der Waals surface area contributed by atoms with Gasteiger partial charge in [0.1, 0.15) is 6.54 Å². The van der Waals surface area contributed by atoms with Crippen LogP contribution in [0.4, 0.5) is 13.2 Å². The molecule has 0 aliphatic carbocycles. The molecule has 1 amide bonds. The van der Waals surface area contributed by atoms with Crippen LogP contribution in [0.2, 0.25) is 0 Å². The molecule has 1 aromatic carbocycles. The molecule has 8 heteroatoms. The predicted octanol–water partition coefficient (Wildman–Crippen LogP) is 0.996. The van der Waals surface area contributed by atoms with E-state index in [1.165, 1.54) is 18.2 Å². The first kappa shape index (κ1) is 16.0. The highest BCUT2D eigenvalue weighted by atomic mass is 19.4. The summed E-state index contributed by atoms with van der Waals surface area (Å²) in [5.41, 5.74) is -0.746. The number of benzene rings is 1. The van der Waals surface area contributed by atoms with Crippen molar-refractivity contribution in [3.63, 3.8) is 0 Å². The van der Waals surface area contributed by atoms with Crippen LogP contribution in [0, 0.1) is 0 Å². The Morgan fingerprint density at radius 1 is 1.15 bits per heavy atom. The van der Waals surface area contributed by atoms with E-state index in [0.29, 0.717) is 0 Å². The second kappa shape index (κ2) is 6.90. The van der Waals surface area contributed by atoms with E-state index in [1.807, 2.05) is 0 Å². The zero-order valence-corrected chi connectivity index (χ0v) is 10.3. The summed E-state index contributed by atoms with van der Waals surface area (Å²) in [6.45, 7) is -0.935. The Morgan fingerprint density at radius 3 is 2.40 bits per heavy atom. The van der Waals surface area contributed by atoms with E-state index in [-0.39, 0.29) is 18.7 Å². The lowest BCUT2D eigenvalue weighted by Gasteiger charge is -2.13. The van der Waals surface area contributed by atoms with Gasteiger partial charge in [0.25, 0.3) is 0 Å². The van der Waals surface area contributed by atoms with Gasteiger partial charge in [0.2, 0.25) is 5.91 Å². The summed E-state index contributed by atoms with van der Waals surface area (Å²) >= 11 is 0. The fraction of sp³-hybridized carbons (Fsp3) is 0.333. The molecule has 0 aliphatic rings. The molecule has 110 valence electrons. The number of rotatable bonds is 6. The smallest absolute Gasteiger partial charge is 0.416 e. The number of aliphatic carboxylic acids is 1. The topological polar surface area (TPSA) is 78.4 Å². The van der Waals surface area contributed by atoms with Crippen LogP contribution in [0.5, 0.6) is 0 Å². The van der Waals surface area contributed by atoms with Crippen LogP contribution in [0.15, 0.2) is 24.3 Å². The van der Waals surface area contributed by atoms with Crippen molar-refractivity contribution in [1.82, 2.24) is 10.6 Å². The molecule has 0 unspecified atom stereocenters. The summed E-state index contributed by atoms with van der Waals surface area (Å²) in [6.07, 6.45) is -4.45. The summed E-state index contributed by atoms with van der Waals surface area (Å²) in [5.74, 6) is -1.79. The monoisotopic (exact) mass is 290 g/mol. The van der Waals surface area contributed by atoms with Crippen LogP contribution in [-0.2, 0) is 22.3 Å². The van der Waals surface area contributed by atoms with Crippen molar-refractivity contribution in [1.29, 1.82) is 0 Å². The maximum absolute atomic E-state index is 12.7. The molecule has 0 saturated carbocycles. The van der Waals surface area contributed by atoms with Crippen molar-refractivity contribution in [3.05, 3.63) is 35.4 Å². The van der Waals surface area contributed by atoms with Gasteiger partial charge in [0, 0.05) is 6.54 Å². The van der Waals surface area contributed by atoms with Crippen molar-refractivity contribution in [2.24, 2.45) is 0 Å². The zero-order chi connectivity index (χ0) is 15.2. The average molecular weight is 290 g/mol. The van der Waals surface area contributed by atoms with Crippen molar-refractivity contribution in [3.8, 4) is 0 Å². The number of hydrogen-bond donors (Lipinski definition) is 3. The SMILES string of the molecule is O=C(O)CNC(=O)CNCc1ccccc1C(F)(F)F. The van der Waals surface area contributed by atoms with Crippen LogP contribution in [0.25, 0.3) is 0 Å². The number of amides is 1. The van der Waals surface area contributed by atoms with Gasteiger partial charge in [-0.25, -0.2) is 0 Å². The molecule has 20 heavy (non-hydrogen) atoms. The summed E-state index contributed by atoms with van der Waals surface area (Å²) in [5, 5.41) is 13.0. The van der Waals surface area contributed by atoms with Crippen molar-refractivity contribution in [2.45, 2.75) is 12.7 Å². The standard InChI is InChI=1S/C12H13F3N2O3/c13-12(14,15)9-4-2-1-3-8(9)5-16-6-10(18)17-7-11(19)20/h1-4,16H,5-7H2,(H,17,18)(H,19,20). The number of alkyl halides is 3. The van der Waals surface area contributed by atoms with Crippen molar-refractivity contribution >= 4 is 11.9 Å². The summed E-state index contributed by atoms with van der Waals surface area (Å²) in [4.78, 5) is 21.4. The number of carboxylic acid groups (broad SMARTS) is 1. The lowest BCUT2D eigenvalue weighted by atomic mass is 10.1. The summed E-state index contributed by atoms with van der Waals surface area (Å²) in [6, 6.07) is 5.02. The van der Waals surface area contributed by atoms with E-state index in [9.17, 15) is 22.8 Å². The normalized spacial score (nSPS) is 11.2. The first-order valence-corrected chi connectivity index (χ1v) is 5.65. The largest absolute Gasteiger partial charge is 0.480 e. The van der Waals surface area contributed by atoms with E-state index >= 15 is 0 Å². The van der Waals surface area contributed by atoms with Gasteiger partial charge in [-0.3, -0.25) is 9.59 Å². The molecule has 0 radical (unpaired) electrons. The van der Waals surface area contributed by atoms with Crippen LogP contribution in [0.1, 0.15) is 11.1 Å². The van der Waals surface area contributed by atoms with E-state index in [1.54, 1.807) is 0 Å². The van der Waals surface area contributed by atoms with Gasteiger partial charge in [0.15, 0.2) is 0 Å². The minimum atomic E-state index is -4.45. The fourth-order valence-electron chi connectivity index (χ4n) is 1.50. The molecule has 0 saturated heterocycles. The Hall–Kier alpha value is -2.09. The Bertz CT molecular complexity index is 489. The molecule has 0 aromatic heterocycles. The Kier molecular flexibility index (Phi) is 5.51. The Balaban J connectivity index is 2.50. The fourth-order valence-corrected chi connectivity index (χ4v) is 1.50. The number of carboxylic acids is 1. The van der Waals surface area contributed by atoms with Gasteiger partial charge >= 0.3 is 12.1 Å². The molecular weight excluding hydrogens is 277 g/mol. The second-order valence-corrected chi connectivity index (χ2v) is 3.93. The molecule has 0 fully saturated rings. The van der Waals surface area contributed by atoms with Gasteiger partial charge in [-0.05, 0) is 11.6 Å². The summed E-state index contributed by atoms with van der Waals surface area (Å²) in [7, 11) is 0. The second-order valence-electron chi connectivity index (χ2n) is 3.93. The van der Waals surface area contributed by atoms with E-state index in [2.05, 4.69) is 10.6 Å². The highest BCUT2D eigenvalue weighted by Crippen LogP contribution is 2.31. The highest BCUT2D eigenvalue weighted by molar-refractivity contribution is 5.82. The average Bonchev–Trinajstić information content (AvgIpc) is 2.36. The number of carbonyl (C=O) groups is 2. The third kappa shape index (κ3) is 5.27. The molecule has 1 rings (SSSR count). The molecule has 0 atom stereocenters. The van der Waals surface area contributed by atoms with Crippen LogP contribution in [-0.4, -0.2) is 30.1 Å². The molecule has 3 N–H and O–H groups in total. The molecule has 0 heterocycles. The van der Waals surface area contributed by atoms with Gasteiger partial charge in [0.05, 0.1) is 12.1 Å². The first-order valence-electron chi connectivity index (χ1n) is 5.65. The van der Waals surface area contributed by atoms with Crippen LogP contribution >= 0.6 is 0 Å². The molecule has 0 aliphatic heterocycles. The van der Waals surface area contributed by atoms with Crippen molar-refractivity contribution in [2.75, 3.05) is 13.1 Å². The molecule has 5 nitrogen and oxygen atoms in total. The minimum absolute atomic E-state index is 0.0195. The molecule has 1 aromatic rings. The first-order chi connectivity index (χ1) is 9.30. The lowest BCUT2D eigenvalue weighted by Crippen LogP contribution is -2.36. The lowest BCUT2D eigenvalue weighted by molar-refractivity contribution is -0.138. The summed E-state index contributed by atoms with van der Waals surface area (Å²) < 4.78 is 38.0. The highest BCUT2D eigenvalue weighted by Gasteiger charge is 2.32. The predicted molar refractivity (Wildman–Crippen MR) is 63.8 cm³/mol. The minimum Gasteiger partial charge on any atom is -0.480 e. The van der Waals surface area contributed by atoms with Gasteiger partial charge in [-0.15, -0.1) is 0 Å². The van der Waals surface area contributed by atoms with Crippen molar-refractivity contribution < 1.29 is 27.9 Å². The van der Waals surface area contributed by atoms with Gasteiger partial charge in [-0.1, -0.05) is 18.2 Å². The van der Waals surface area contributed by atoms with Gasteiger partial charge in [-0.2, -0.15) is 13.2 Å². The molecule has 0 bridgehead atoms. The number of nitrogens with one attached hydrogen (secondary N) is 2. The maximum Gasteiger partial charge on any atom is 0.416 e. The van der Waals surface area contributed by atoms with Gasteiger partial charge < -0.3 is 15.7 Å². The van der Waals surface area contributed by atoms with E-state index < -0.39 is 30.2 Å². The number of hydrogen-bond acceptors (Lipinski definition) is 3. The molecular formula is C12H13F3N2O3. The zero-order valence-electron chi connectivity index (χ0n) is 10.3. The van der Waals surface area contributed by atoms with E-state index in [0.717, 1.165) is 6.07 Å². The molecule has 0 spiro atoms. The maximum atomic E-state index is 12.7. The Labute approximate surface area is 112 Å². The third-order valence-corrected chi connectivity index (χ3v) is 2.36. The van der Waals surface area contributed by atoms with Crippen LogP contribution < -0.4 is 10.6 Å². The van der Waals surface area contributed by atoms with E-state index in [4.69, 9.17) is 5.11 Å².